The van der Waals surface area contributed by atoms with Gasteiger partial charge in [0.15, 0.2) is 0 Å². The van der Waals surface area contributed by atoms with Crippen molar-refractivity contribution in [1.82, 2.24) is 9.80 Å². The van der Waals surface area contributed by atoms with Crippen molar-refractivity contribution in [3.05, 3.63) is 34.9 Å². The Hall–Kier alpha value is -1.55. The Labute approximate surface area is 156 Å². The van der Waals surface area contributed by atoms with Crippen LogP contribution < -0.4 is 0 Å². The second-order valence-corrected chi connectivity index (χ2v) is 8.01. The summed E-state index contributed by atoms with van der Waals surface area (Å²) in [6, 6.07) is 7.12. The molecule has 138 valence electrons. The van der Waals surface area contributed by atoms with Gasteiger partial charge in [-0.05, 0) is 56.9 Å². The first kappa shape index (κ1) is 19.8. The monoisotopic (exact) mass is 364 g/mol. The fourth-order valence-corrected chi connectivity index (χ4v) is 3.45. The largest absolute Gasteiger partial charge is 0.340 e. The summed E-state index contributed by atoms with van der Waals surface area (Å²) in [7, 11) is 0. The molecule has 0 N–H and O–H groups in total. The highest BCUT2D eigenvalue weighted by Gasteiger charge is 2.32. The van der Waals surface area contributed by atoms with E-state index in [4.69, 9.17) is 11.6 Å². The van der Waals surface area contributed by atoms with E-state index in [9.17, 15) is 9.59 Å². The Morgan fingerprint density at radius 2 is 1.84 bits per heavy atom. The molecule has 25 heavy (non-hydrogen) atoms. The normalized spacial score (nSPS) is 17.9. The van der Waals surface area contributed by atoms with E-state index in [1.54, 1.807) is 24.3 Å². The van der Waals surface area contributed by atoms with Gasteiger partial charge in [-0.15, -0.1) is 0 Å². The molecule has 1 aliphatic rings. The fraction of sp³-hybridized carbons (Fsp3) is 0.600. The van der Waals surface area contributed by atoms with Gasteiger partial charge in [0.2, 0.25) is 5.91 Å². The Morgan fingerprint density at radius 1 is 1.20 bits per heavy atom. The molecule has 2 amide bonds. The second kappa shape index (κ2) is 8.70. The molecular formula is C20H29ClN2O2. The summed E-state index contributed by atoms with van der Waals surface area (Å²) >= 11 is 5.90. The van der Waals surface area contributed by atoms with E-state index in [1.165, 1.54) is 0 Å². The molecule has 0 aromatic heterocycles. The van der Waals surface area contributed by atoms with Gasteiger partial charge in [0.05, 0.1) is 5.92 Å². The second-order valence-electron chi connectivity index (χ2n) is 7.58. The molecule has 1 saturated heterocycles. The first-order valence-corrected chi connectivity index (χ1v) is 9.52. The maximum absolute atomic E-state index is 13.0. The van der Waals surface area contributed by atoms with E-state index in [0.717, 1.165) is 19.4 Å². The number of halogens is 1. The summed E-state index contributed by atoms with van der Waals surface area (Å²) in [5, 5.41) is 0.615. The van der Waals surface area contributed by atoms with Crippen molar-refractivity contribution in [2.75, 3.05) is 19.6 Å². The van der Waals surface area contributed by atoms with E-state index >= 15 is 0 Å². The van der Waals surface area contributed by atoms with Gasteiger partial charge in [-0.25, -0.2) is 0 Å². The first-order chi connectivity index (χ1) is 11.8. The van der Waals surface area contributed by atoms with Crippen LogP contribution in [0.2, 0.25) is 5.02 Å². The van der Waals surface area contributed by atoms with Gasteiger partial charge in [0, 0.05) is 36.3 Å². The van der Waals surface area contributed by atoms with Gasteiger partial charge in [0.25, 0.3) is 5.91 Å². The predicted octanol–water partition coefficient (Wildman–Crippen LogP) is 4.09. The lowest BCUT2D eigenvalue weighted by Gasteiger charge is -2.37. The average Bonchev–Trinajstić information content (AvgIpc) is 2.59. The molecule has 0 radical (unpaired) electrons. The molecule has 1 aromatic rings. The van der Waals surface area contributed by atoms with Gasteiger partial charge in [-0.3, -0.25) is 9.59 Å². The Bertz CT molecular complexity index is 598. The highest BCUT2D eigenvalue weighted by atomic mass is 35.5. The quantitative estimate of drug-likeness (QED) is 0.789. The van der Waals surface area contributed by atoms with Crippen LogP contribution >= 0.6 is 11.6 Å². The highest BCUT2D eigenvalue weighted by Crippen LogP contribution is 2.22. The molecule has 1 unspecified atom stereocenters. The number of carbonyl (C=O) groups excluding carboxylic acids is 2. The molecule has 1 fully saturated rings. The van der Waals surface area contributed by atoms with Gasteiger partial charge in [0.1, 0.15) is 0 Å². The minimum atomic E-state index is -0.105. The molecule has 1 aromatic carbocycles. The number of rotatable bonds is 5. The third-order valence-electron chi connectivity index (χ3n) is 4.62. The Balaban J connectivity index is 2.07. The van der Waals surface area contributed by atoms with Crippen molar-refractivity contribution in [2.24, 2.45) is 11.8 Å². The van der Waals surface area contributed by atoms with Crippen molar-refractivity contribution in [2.45, 2.75) is 46.6 Å². The first-order valence-electron chi connectivity index (χ1n) is 9.15. The lowest BCUT2D eigenvalue weighted by Crippen LogP contribution is -2.49. The number of amides is 2. The summed E-state index contributed by atoms with van der Waals surface area (Å²) < 4.78 is 0. The maximum atomic E-state index is 13.0. The van der Waals surface area contributed by atoms with Crippen LogP contribution in [0.5, 0.6) is 0 Å². The zero-order valence-electron chi connectivity index (χ0n) is 15.7. The third kappa shape index (κ3) is 5.21. The number of benzene rings is 1. The standard InChI is InChI=1S/C20H29ClN2O2/c1-14(2)12-23(15(3)4)20(25)17-6-5-11-22(13-17)19(24)16-7-9-18(21)10-8-16/h7-10,14-15,17H,5-6,11-13H2,1-4H3. The van der Waals surface area contributed by atoms with E-state index < -0.39 is 0 Å². The zero-order valence-corrected chi connectivity index (χ0v) is 16.4. The molecule has 0 saturated carbocycles. The Morgan fingerprint density at radius 3 is 2.40 bits per heavy atom. The van der Waals surface area contributed by atoms with Crippen LogP contribution in [0.1, 0.15) is 50.9 Å². The minimum Gasteiger partial charge on any atom is -0.340 e. The van der Waals surface area contributed by atoms with Gasteiger partial charge in [-0.1, -0.05) is 25.4 Å². The molecule has 1 aliphatic heterocycles. The minimum absolute atomic E-state index is 0.0193. The molecule has 1 heterocycles. The molecule has 5 heteroatoms. The zero-order chi connectivity index (χ0) is 18.6. The summed E-state index contributed by atoms with van der Waals surface area (Å²) in [6.07, 6.45) is 1.72. The van der Waals surface area contributed by atoms with Crippen LogP contribution in [0.4, 0.5) is 0 Å². The lowest BCUT2D eigenvalue weighted by molar-refractivity contribution is -0.139. The van der Waals surface area contributed by atoms with E-state index in [0.29, 0.717) is 29.6 Å². The molecule has 1 atom stereocenters. The highest BCUT2D eigenvalue weighted by molar-refractivity contribution is 6.30. The van der Waals surface area contributed by atoms with Crippen molar-refractivity contribution in [3.8, 4) is 0 Å². The smallest absolute Gasteiger partial charge is 0.253 e. The van der Waals surface area contributed by atoms with Gasteiger partial charge >= 0.3 is 0 Å². The third-order valence-corrected chi connectivity index (χ3v) is 4.87. The van der Waals surface area contributed by atoms with E-state index in [-0.39, 0.29) is 23.8 Å². The maximum Gasteiger partial charge on any atom is 0.253 e. The van der Waals surface area contributed by atoms with Crippen LogP contribution in [0, 0.1) is 11.8 Å². The summed E-state index contributed by atoms with van der Waals surface area (Å²) in [6.45, 7) is 10.3. The van der Waals surface area contributed by atoms with Crippen molar-refractivity contribution >= 4 is 23.4 Å². The summed E-state index contributed by atoms with van der Waals surface area (Å²) in [5.74, 6) is 0.485. The molecule has 4 nitrogen and oxygen atoms in total. The van der Waals surface area contributed by atoms with Crippen LogP contribution in [-0.2, 0) is 4.79 Å². The fourth-order valence-electron chi connectivity index (χ4n) is 3.32. The number of piperidine rings is 1. The van der Waals surface area contributed by atoms with Crippen LogP contribution in [0.25, 0.3) is 0 Å². The molecule has 2 rings (SSSR count). The predicted molar refractivity (Wildman–Crippen MR) is 102 cm³/mol. The Kier molecular flexibility index (Phi) is 6.88. The number of hydrogen-bond acceptors (Lipinski definition) is 2. The van der Waals surface area contributed by atoms with Crippen LogP contribution in [0.3, 0.4) is 0 Å². The SMILES string of the molecule is CC(C)CN(C(=O)C1CCCN(C(=O)c2ccc(Cl)cc2)C1)C(C)C. The number of nitrogens with zero attached hydrogens (tertiary/aromatic N) is 2. The van der Waals surface area contributed by atoms with E-state index in [2.05, 4.69) is 27.7 Å². The van der Waals surface area contributed by atoms with Gasteiger partial charge < -0.3 is 9.80 Å². The summed E-state index contributed by atoms with van der Waals surface area (Å²) in [4.78, 5) is 29.5. The van der Waals surface area contributed by atoms with Gasteiger partial charge in [-0.2, -0.15) is 0 Å². The summed E-state index contributed by atoms with van der Waals surface area (Å²) in [5.41, 5.74) is 0.625. The number of likely N-dealkylation sites (tertiary alicyclic amines) is 1. The average molecular weight is 365 g/mol. The molecule has 0 spiro atoms. The molecule has 0 aliphatic carbocycles. The van der Waals surface area contributed by atoms with Crippen molar-refractivity contribution in [1.29, 1.82) is 0 Å². The number of carbonyl (C=O) groups is 2. The van der Waals surface area contributed by atoms with Crippen LogP contribution in [-0.4, -0.2) is 47.3 Å². The number of hydrogen-bond donors (Lipinski definition) is 0. The van der Waals surface area contributed by atoms with Crippen LogP contribution in [0.15, 0.2) is 24.3 Å². The molecule has 0 bridgehead atoms. The molecular weight excluding hydrogens is 336 g/mol. The lowest BCUT2D eigenvalue weighted by atomic mass is 9.95. The van der Waals surface area contributed by atoms with E-state index in [1.807, 2.05) is 9.80 Å². The van der Waals surface area contributed by atoms with Crippen molar-refractivity contribution < 1.29 is 9.59 Å². The van der Waals surface area contributed by atoms with Crippen molar-refractivity contribution in [3.63, 3.8) is 0 Å². The topological polar surface area (TPSA) is 40.6 Å².